The van der Waals surface area contributed by atoms with Crippen LogP contribution in [0.15, 0.2) is 54.9 Å². The Morgan fingerprint density at radius 1 is 0.950 bits per heavy atom. The Labute approximate surface area is 117 Å². The van der Waals surface area contributed by atoms with Crippen molar-refractivity contribution in [1.29, 1.82) is 0 Å². The minimum Gasteiger partial charge on any atom is -0.294 e. The topological polar surface area (TPSA) is 30.0 Å². The second-order valence-corrected chi connectivity index (χ2v) is 5.20. The van der Waals surface area contributed by atoms with Crippen LogP contribution in [0.2, 0.25) is 0 Å². The molecular formula is C18H13NO. The summed E-state index contributed by atoms with van der Waals surface area (Å²) in [5.74, 6) is 0.272. The predicted octanol–water partition coefficient (Wildman–Crippen LogP) is 4.03. The summed E-state index contributed by atoms with van der Waals surface area (Å²) in [5, 5.41) is 2.34. The van der Waals surface area contributed by atoms with E-state index >= 15 is 0 Å². The number of fused-ring (bicyclic) bond motifs is 2. The van der Waals surface area contributed by atoms with Gasteiger partial charge >= 0.3 is 0 Å². The Morgan fingerprint density at radius 3 is 2.85 bits per heavy atom. The van der Waals surface area contributed by atoms with E-state index in [1.807, 2.05) is 24.5 Å². The molecular weight excluding hydrogens is 246 g/mol. The van der Waals surface area contributed by atoms with Crippen molar-refractivity contribution in [3.63, 3.8) is 0 Å². The molecule has 0 unspecified atom stereocenters. The molecule has 1 aliphatic rings. The zero-order valence-corrected chi connectivity index (χ0v) is 11.0. The fourth-order valence-corrected chi connectivity index (χ4v) is 3.00. The number of hydrogen-bond donors (Lipinski definition) is 0. The van der Waals surface area contributed by atoms with Crippen LogP contribution in [0.4, 0.5) is 0 Å². The van der Waals surface area contributed by atoms with E-state index in [9.17, 15) is 4.79 Å². The molecule has 0 bridgehead atoms. The molecule has 0 saturated carbocycles. The lowest BCUT2D eigenvalue weighted by molar-refractivity contribution is 0.0994. The molecule has 0 N–H and O–H groups in total. The summed E-state index contributed by atoms with van der Waals surface area (Å²) in [5.41, 5.74) is 4.46. The lowest BCUT2D eigenvalue weighted by Crippen LogP contribution is -1.91. The van der Waals surface area contributed by atoms with Crippen molar-refractivity contribution in [3.8, 4) is 11.1 Å². The minimum absolute atomic E-state index is 0.272. The van der Waals surface area contributed by atoms with Crippen molar-refractivity contribution in [2.45, 2.75) is 12.8 Å². The summed E-state index contributed by atoms with van der Waals surface area (Å²) in [7, 11) is 0. The monoisotopic (exact) mass is 259 g/mol. The van der Waals surface area contributed by atoms with Crippen molar-refractivity contribution in [3.05, 3.63) is 66.0 Å². The maximum atomic E-state index is 11.7. The van der Waals surface area contributed by atoms with Gasteiger partial charge in [-0.1, -0.05) is 36.4 Å². The first-order valence-electron chi connectivity index (χ1n) is 6.82. The normalized spacial score (nSPS) is 13.7. The first kappa shape index (κ1) is 11.4. The van der Waals surface area contributed by atoms with Gasteiger partial charge in [0.1, 0.15) is 0 Å². The summed E-state index contributed by atoms with van der Waals surface area (Å²) < 4.78 is 0. The molecule has 20 heavy (non-hydrogen) atoms. The van der Waals surface area contributed by atoms with Crippen molar-refractivity contribution < 1.29 is 4.79 Å². The summed E-state index contributed by atoms with van der Waals surface area (Å²) in [6.07, 6.45) is 5.23. The van der Waals surface area contributed by atoms with Gasteiger partial charge in [0, 0.05) is 29.8 Å². The van der Waals surface area contributed by atoms with E-state index in [0.29, 0.717) is 6.42 Å². The molecule has 0 aliphatic heterocycles. The third-order valence-corrected chi connectivity index (χ3v) is 4.02. The molecule has 2 heteroatoms. The lowest BCUT2D eigenvalue weighted by atomic mass is 9.96. The van der Waals surface area contributed by atoms with Gasteiger partial charge in [-0.3, -0.25) is 9.78 Å². The average molecular weight is 259 g/mol. The molecule has 0 spiro atoms. The number of ketones is 1. The molecule has 0 fully saturated rings. The van der Waals surface area contributed by atoms with Crippen LogP contribution in [-0.2, 0) is 6.42 Å². The first-order chi connectivity index (χ1) is 9.83. The highest BCUT2D eigenvalue weighted by atomic mass is 16.1. The molecule has 0 radical (unpaired) electrons. The Morgan fingerprint density at radius 2 is 1.90 bits per heavy atom. The molecule has 0 atom stereocenters. The summed E-state index contributed by atoms with van der Waals surface area (Å²) in [4.78, 5) is 15.9. The fraction of sp³-hybridized carbons (Fsp3) is 0.111. The number of carbonyl (C=O) groups excluding carboxylic acids is 1. The number of pyridine rings is 1. The van der Waals surface area contributed by atoms with Gasteiger partial charge in [-0.2, -0.15) is 0 Å². The third-order valence-electron chi connectivity index (χ3n) is 4.02. The van der Waals surface area contributed by atoms with Gasteiger partial charge in [0.05, 0.1) is 0 Å². The number of carbonyl (C=O) groups is 1. The molecule has 1 aromatic heterocycles. The van der Waals surface area contributed by atoms with E-state index in [4.69, 9.17) is 0 Å². The molecule has 3 aromatic rings. The number of benzene rings is 2. The van der Waals surface area contributed by atoms with Gasteiger partial charge < -0.3 is 0 Å². The number of nitrogens with zero attached hydrogens (tertiary/aromatic N) is 1. The van der Waals surface area contributed by atoms with E-state index in [1.54, 1.807) is 0 Å². The van der Waals surface area contributed by atoms with Crippen LogP contribution in [0.1, 0.15) is 22.3 Å². The highest BCUT2D eigenvalue weighted by Crippen LogP contribution is 2.32. The summed E-state index contributed by atoms with van der Waals surface area (Å²) >= 11 is 0. The van der Waals surface area contributed by atoms with E-state index in [2.05, 4.69) is 35.3 Å². The van der Waals surface area contributed by atoms with Crippen LogP contribution in [0.5, 0.6) is 0 Å². The molecule has 4 rings (SSSR count). The maximum Gasteiger partial charge on any atom is 0.163 e. The van der Waals surface area contributed by atoms with Gasteiger partial charge in [0.15, 0.2) is 5.78 Å². The van der Waals surface area contributed by atoms with Crippen molar-refractivity contribution in [2.75, 3.05) is 0 Å². The molecule has 2 aromatic carbocycles. The van der Waals surface area contributed by atoms with Crippen LogP contribution in [-0.4, -0.2) is 10.8 Å². The number of aryl methyl sites for hydroxylation is 1. The fourth-order valence-electron chi connectivity index (χ4n) is 3.00. The average Bonchev–Trinajstić information content (AvgIpc) is 2.87. The van der Waals surface area contributed by atoms with Crippen LogP contribution in [0, 0.1) is 0 Å². The van der Waals surface area contributed by atoms with Crippen molar-refractivity contribution in [2.24, 2.45) is 0 Å². The lowest BCUT2D eigenvalue weighted by Gasteiger charge is -2.08. The number of aromatic nitrogens is 1. The third kappa shape index (κ3) is 1.65. The SMILES string of the molecule is O=C1CCc2cc(-c3cccc4cnccc34)ccc21. The zero-order chi connectivity index (χ0) is 13.5. The first-order valence-corrected chi connectivity index (χ1v) is 6.82. The van der Waals surface area contributed by atoms with Gasteiger partial charge in [-0.25, -0.2) is 0 Å². The van der Waals surface area contributed by atoms with E-state index in [0.717, 1.165) is 17.4 Å². The molecule has 0 amide bonds. The predicted molar refractivity (Wildman–Crippen MR) is 79.8 cm³/mol. The smallest absolute Gasteiger partial charge is 0.163 e. The Bertz CT molecular complexity index is 830. The van der Waals surface area contributed by atoms with E-state index in [-0.39, 0.29) is 5.78 Å². The van der Waals surface area contributed by atoms with Crippen LogP contribution >= 0.6 is 0 Å². The van der Waals surface area contributed by atoms with Crippen molar-refractivity contribution >= 4 is 16.6 Å². The molecule has 1 heterocycles. The number of rotatable bonds is 1. The van der Waals surface area contributed by atoms with E-state index in [1.165, 1.54) is 22.1 Å². The zero-order valence-electron chi connectivity index (χ0n) is 11.0. The summed E-state index contributed by atoms with van der Waals surface area (Å²) in [6, 6.07) is 14.5. The second kappa shape index (κ2) is 4.27. The number of hydrogen-bond acceptors (Lipinski definition) is 2. The molecule has 1 aliphatic carbocycles. The second-order valence-electron chi connectivity index (χ2n) is 5.20. The van der Waals surface area contributed by atoms with Crippen molar-refractivity contribution in [1.82, 2.24) is 4.98 Å². The van der Waals surface area contributed by atoms with Gasteiger partial charge in [0.2, 0.25) is 0 Å². The minimum atomic E-state index is 0.272. The van der Waals surface area contributed by atoms with Crippen LogP contribution in [0.25, 0.3) is 21.9 Å². The van der Waals surface area contributed by atoms with Crippen LogP contribution in [0.3, 0.4) is 0 Å². The van der Waals surface area contributed by atoms with E-state index < -0.39 is 0 Å². The Kier molecular flexibility index (Phi) is 2.43. The maximum absolute atomic E-state index is 11.7. The Balaban J connectivity index is 1.94. The molecule has 2 nitrogen and oxygen atoms in total. The van der Waals surface area contributed by atoms with Crippen LogP contribution < -0.4 is 0 Å². The van der Waals surface area contributed by atoms with Gasteiger partial charge in [-0.15, -0.1) is 0 Å². The highest BCUT2D eigenvalue weighted by molar-refractivity contribution is 6.02. The molecule has 0 saturated heterocycles. The highest BCUT2D eigenvalue weighted by Gasteiger charge is 2.19. The number of Topliss-reactive ketones (excluding diaryl/α,β-unsaturated/α-hetero) is 1. The van der Waals surface area contributed by atoms with Gasteiger partial charge in [-0.05, 0) is 34.6 Å². The van der Waals surface area contributed by atoms with Gasteiger partial charge in [0.25, 0.3) is 0 Å². The molecule has 96 valence electrons. The quantitative estimate of drug-likeness (QED) is 0.660. The summed E-state index contributed by atoms with van der Waals surface area (Å²) in [6.45, 7) is 0. The Hall–Kier alpha value is -2.48. The largest absolute Gasteiger partial charge is 0.294 e. The standard InChI is InChI=1S/C18H13NO/c20-18-7-5-13-10-12(4-6-17(13)18)15-3-1-2-14-11-19-9-8-16(14)15/h1-4,6,8-11H,5,7H2.